The summed E-state index contributed by atoms with van der Waals surface area (Å²) in [6, 6.07) is 16.7. The molecule has 2 N–H and O–H groups in total. The highest BCUT2D eigenvalue weighted by atomic mass is 16.3. The van der Waals surface area contributed by atoms with Gasteiger partial charge in [0.2, 0.25) is 5.91 Å². The van der Waals surface area contributed by atoms with E-state index in [2.05, 4.69) is 11.4 Å². The number of anilines is 1. The zero-order valence-electron chi connectivity index (χ0n) is 9.18. The summed E-state index contributed by atoms with van der Waals surface area (Å²) in [6.07, 6.45) is 0.281. The average molecular weight is 226 g/mol. The molecule has 0 aliphatic carbocycles. The van der Waals surface area contributed by atoms with Gasteiger partial charge in [-0.2, -0.15) is 0 Å². The van der Waals surface area contributed by atoms with Crippen molar-refractivity contribution in [1.29, 1.82) is 0 Å². The highest BCUT2D eigenvalue weighted by Crippen LogP contribution is 2.11. The molecular formula is C14H12NO2. The van der Waals surface area contributed by atoms with E-state index in [0.29, 0.717) is 5.69 Å². The van der Waals surface area contributed by atoms with Crippen LogP contribution in [0, 0.1) is 6.07 Å². The molecule has 1 radical (unpaired) electrons. The molecule has 0 atom stereocenters. The third-order valence-corrected chi connectivity index (χ3v) is 2.28. The van der Waals surface area contributed by atoms with Crippen LogP contribution in [0.2, 0.25) is 0 Å². The van der Waals surface area contributed by atoms with Crippen molar-refractivity contribution in [1.82, 2.24) is 0 Å². The van der Waals surface area contributed by atoms with Gasteiger partial charge in [0.05, 0.1) is 6.42 Å². The van der Waals surface area contributed by atoms with Crippen LogP contribution < -0.4 is 5.32 Å². The molecule has 0 saturated carbocycles. The standard InChI is InChI=1S/C14H12NO2/c16-13-8-6-11(7-9-13)10-14(17)15-12-4-2-1-3-5-12/h1-4,6-9,16H,10H2,(H,15,17). The Morgan fingerprint density at radius 3 is 2.59 bits per heavy atom. The average Bonchev–Trinajstić information content (AvgIpc) is 2.33. The summed E-state index contributed by atoms with van der Waals surface area (Å²) >= 11 is 0. The van der Waals surface area contributed by atoms with Crippen molar-refractivity contribution in [3.8, 4) is 5.75 Å². The number of para-hydroxylation sites is 1. The van der Waals surface area contributed by atoms with Gasteiger partial charge in [-0.15, -0.1) is 0 Å². The van der Waals surface area contributed by atoms with E-state index in [-0.39, 0.29) is 18.1 Å². The lowest BCUT2D eigenvalue weighted by molar-refractivity contribution is -0.115. The fourth-order valence-electron chi connectivity index (χ4n) is 1.46. The van der Waals surface area contributed by atoms with Gasteiger partial charge in [-0.1, -0.05) is 30.3 Å². The number of hydrogen-bond acceptors (Lipinski definition) is 2. The minimum Gasteiger partial charge on any atom is -0.508 e. The second-order valence-electron chi connectivity index (χ2n) is 3.67. The first-order chi connectivity index (χ1) is 8.24. The molecule has 0 aromatic heterocycles. The monoisotopic (exact) mass is 226 g/mol. The Morgan fingerprint density at radius 2 is 1.94 bits per heavy atom. The molecule has 0 bridgehead atoms. The van der Waals surface area contributed by atoms with Crippen molar-refractivity contribution in [3.05, 3.63) is 60.2 Å². The minimum atomic E-state index is -0.0989. The summed E-state index contributed by atoms with van der Waals surface area (Å²) in [5.74, 6) is 0.101. The molecule has 0 spiro atoms. The number of carbonyl (C=O) groups excluding carboxylic acids is 1. The summed E-state index contributed by atoms with van der Waals surface area (Å²) in [5.41, 5.74) is 1.52. The molecule has 2 aromatic rings. The number of aromatic hydroxyl groups is 1. The first kappa shape index (κ1) is 11.2. The predicted molar refractivity (Wildman–Crippen MR) is 65.7 cm³/mol. The summed E-state index contributed by atoms with van der Waals surface area (Å²) in [4.78, 5) is 11.7. The number of carbonyl (C=O) groups is 1. The van der Waals surface area contributed by atoms with E-state index in [1.54, 1.807) is 36.4 Å². The maximum Gasteiger partial charge on any atom is 0.228 e. The van der Waals surface area contributed by atoms with E-state index in [9.17, 15) is 4.79 Å². The van der Waals surface area contributed by atoms with Crippen LogP contribution in [-0.2, 0) is 11.2 Å². The molecule has 0 saturated heterocycles. The molecule has 85 valence electrons. The van der Waals surface area contributed by atoms with E-state index in [0.717, 1.165) is 5.56 Å². The molecule has 1 amide bonds. The number of hydrogen-bond donors (Lipinski definition) is 2. The first-order valence-corrected chi connectivity index (χ1v) is 5.28. The number of amides is 1. The Morgan fingerprint density at radius 1 is 1.18 bits per heavy atom. The van der Waals surface area contributed by atoms with Gasteiger partial charge < -0.3 is 10.4 Å². The van der Waals surface area contributed by atoms with Crippen molar-refractivity contribution < 1.29 is 9.90 Å². The number of phenolic OH excluding ortho intramolecular Hbond substituents is 1. The Hall–Kier alpha value is -2.29. The fraction of sp³-hybridized carbons (Fsp3) is 0.0714. The van der Waals surface area contributed by atoms with Crippen LogP contribution in [0.15, 0.2) is 48.5 Å². The zero-order chi connectivity index (χ0) is 12.1. The number of benzene rings is 2. The molecule has 3 heteroatoms. The zero-order valence-corrected chi connectivity index (χ0v) is 9.18. The molecule has 3 nitrogen and oxygen atoms in total. The van der Waals surface area contributed by atoms with Crippen LogP contribution in [0.4, 0.5) is 5.69 Å². The smallest absolute Gasteiger partial charge is 0.228 e. The van der Waals surface area contributed by atoms with Crippen LogP contribution >= 0.6 is 0 Å². The van der Waals surface area contributed by atoms with Gasteiger partial charge in [0.15, 0.2) is 0 Å². The SMILES string of the molecule is O=C(Cc1ccc(O)cc1)Nc1[c]cccc1. The van der Waals surface area contributed by atoms with Crippen LogP contribution in [0.25, 0.3) is 0 Å². The Kier molecular flexibility index (Phi) is 3.40. The maximum atomic E-state index is 11.7. The van der Waals surface area contributed by atoms with E-state index in [1.165, 1.54) is 0 Å². The fourth-order valence-corrected chi connectivity index (χ4v) is 1.46. The third-order valence-electron chi connectivity index (χ3n) is 2.28. The number of rotatable bonds is 3. The Labute approximate surface area is 99.7 Å². The highest BCUT2D eigenvalue weighted by molar-refractivity contribution is 5.92. The predicted octanol–water partition coefficient (Wildman–Crippen LogP) is 2.37. The van der Waals surface area contributed by atoms with Crippen molar-refractivity contribution in [2.75, 3.05) is 5.32 Å². The molecule has 0 aliphatic heterocycles. The number of phenols is 1. The molecule has 0 aliphatic rings. The Balaban J connectivity index is 1.96. The highest BCUT2D eigenvalue weighted by Gasteiger charge is 2.03. The van der Waals surface area contributed by atoms with Crippen molar-refractivity contribution in [3.63, 3.8) is 0 Å². The molecule has 2 rings (SSSR count). The third kappa shape index (κ3) is 3.34. The van der Waals surface area contributed by atoms with Crippen molar-refractivity contribution in [2.24, 2.45) is 0 Å². The van der Waals surface area contributed by atoms with Gasteiger partial charge in [0.25, 0.3) is 0 Å². The van der Waals surface area contributed by atoms with Gasteiger partial charge in [-0.25, -0.2) is 0 Å². The van der Waals surface area contributed by atoms with Gasteiger partial charge in [0, 0.05) is 11.8 Å². The van der Waals surface area contributed by atoms with Crippen molar-refractivity contribution >= 4 is 11.6 Å². The van der Waals surface area contributed by atoms with E-state index < -0.39 is 0 Å². The summed E-state index contributed by atoms with van der Waals surface area (Å²) in [5, 5.41) is 11.9. The number of nitrogens with one attached hydrogen (secondary N) is 1. The second-order valence-corrected chi connectivity index (χ2v) is 3.67. The van der Waals surface area contributed by atoms with Gasteiger partial charge >= 0.3 is 0 Å². The Bertz CT molecular complexity index is 491. The molecule has 0 fully saturated rings. The van der Waals surface area contributed by atoms with Gasteiger partial charge in [0.1, 0.15) is 5.75 Å². The molecule has 0 heterocycles. The molecule has 2 aromatic carbocycles. The normalized spacial score (nSPS) is 9.88. The summed E-state index contributed by atoms with van der Waals surface area (Å²) in [7, 11) is 0. The molecular weight excluding hydrogens is 214 g/mol. The maximum absolute atomic E-state index is 11.7. The van der Waals surface area contributed by atoms with Gasteiger partial charge in [-0.3, -0.25) is 4.79 Å². The second kappa shape index (κ2) is 5.16. The van der Waals surface area contributed by atoms with Crippen LogP contribution in [-0.4, -0.2) is 11.0 Å². The first-order valence-electron chi connectivity index (χ1n) is 5.28. The van der Waals surface area contributed by atoms with Crippen LogP contribution in [0.1, 0.15) is 5.56 Å². The van der Waals surface area contributed by atoms with Crippen molar-refractivity contribution in [2.45, 2.75) is 6.42 Å². The lowest BCUT2D eigenvalue weighted by Gasteiger charge is -2.04. The molecule has 17 heavy (non-hydrogen) atoms. The molecule has 0 unspecified atom stereocenters. The minimum absolute atomic E-state index is 0.0989. The lowest BCUT2D eigenvalue weighted by Crippen LogP contribution is -2.14. The van der Waals surface area contributed by atoms with Gasteiger partial charge in [-0.05, 0) is 23.8 Å². The quantitative estimate of drug-likeness (QED) is 0.844. The van der Waals surface area contributed by atoms with E-state index in [1.807, 2.05) is 12.1 Å². The van der Waals surface area contributed by atoms with E-state index >= 15 is 0 Å². The van der Waals surface area contributed by atoms with Crippen LogP contribution in [0.3, 0.4) is 0 Å². The topological polar surface area (TPSA) is 49.3 Å². The van der Waals surface area contributed by atoms with E-state index in [4.69, 9.17) is 5.11 Å². The van der Waals surface area contributed by atoms with Crippen LogP contribution in [0.5, 0.6) is 5.75 Å². The lowest BCUT2D eigenvalue weighted by atomic mass is 10.1. The summed E-state index contributed by atoms with van der Waals surface area (Å²) in [6.45, 7) is 0. The summed E-state index contributed by atoms with van der Waals surface area (Å²) < 4.78 is 0. The largest absolute Gasteiger partial charge is 0.508 e.